The topological polar surface area (TPSA) is 81.1 Å². The molecular formula is C25H20FN3O3S. The zero-order chi connectivity index (χ0) is 23.4. The summed E-state index contributed by atoms with van der Waals surface area (Å²) in [6.45, 7) is 1.62. The van der Waals surface area contributed by atoms with E-state index in [1.807, 2.05) is 0 Å². The highest BCUT2D eigenvalue weighted by Crippen LogP contribution is 2.21. The average Bonchev–Trinajstić information content (AvgIpc) is 2.81. The number of carbonyl (C=O) groups is 2. The monoisotopic (exact) mass is 461 g/mol. The van der Waals surface area contributed by atoms with Gasteiger partial charge in [0.1, 0.15) is 5.82 Å². The summed E-state index contributed by atoms with van der Waals surface area (Å²) in [6.07, 6.45) is 0. The van der Waals surface area contributed by atoms with Crippen LogP contribution in [0, 0.1) is 5.82 Å². The molecule has 0 unspecified atom stereocenters. The summed E-state index contributed by atoms with van der Waals surface area (Å²) in [5, 5.41) is 3.54. The van der Waals surface area contributed by atoms with Crippen molar-refractivity contribution in [3.8, 4) is 0 Å². The van der Waals surface area contributed by atoms with Crippen molar-refractivity contribution in [1.82, 2.24) is 9.55 Å². The van der Waals surface area contributed by atoms with Crippen molar-refractivity contribution in [3.05, 3.63) is 100 Å². The van der Waals surface area contributed by atoms with Gasteiger partial charge in [0.15, 0.2) is 10.9 Å². The van der Waals surface area contributed by atoms with Gasteiger partial charge >= 0.3 is 0 Å². The molecule has 0 aliphatic heterocycles. The highest BCUT2D eigenvalue weighted by Gasteiger charge is 2.15. The maximum absolute atomic E-state index is 13.3. The van der Waals surface area contributed by atoms with Crippen LogP contribution in [0.5, 0.6) is 0 Å². The fourth-order valence-corrected chi connectivity index (χ4v) is 4.22. The SMILES string of the molecule is CC(=O)Nc1ccc(C(=O)CSc2nc3ccccc3c(=O)n2Cc2ccc(F)cc2)cc1. The number of Topliss-reactive ketones (excluding diaryl/α,β-unsaturated/α-hetero) is 1. The van der Waals surface area contributed by atoms with Gasteiger partial charge < -0.3 is 5.32 Å². The van der Waals surface area contributed by atoms with E-state index in [1.54, 1.807) is 60.7 Å². The highest BCUT2D eigenvalue weighted by molar-refractivity contribution is 7.99. The summed E-state index contributed by atoms with van der Waals surface area (Å²) in [5.41, 5.74) is 2.17. The van der Waals surface area contributed by atoms with Crippen LogP contribution < -0.4 is 10.9 Å². The van der Waals surface area contributed by atoms with Crippen LogP contribution in [0.4, 0.5) is 10.1 Å². The van der Waals surface area contributed by atoms with Crippen LogP contribution >= 0.6 is 11.8 Å². The first-order valence-corrected chi connectivity index (χ1v) is 11.2. The van der Waals surface area contributed by atoms with Crippen molar-refractivity contribution in [2.45, 2.75) is 18.6 Å². The quantitative estimate of drug-likeness (QED) is 0.249. The lowest BCUT2D eigenvalue weighted by Gasteiger charge is -2.13. The molecule has 0 radical (unpaired) electrons. The first-order chi connectivity index (χ1) is 15.9. The van der Waals surface area contributed by atoms with E-state index in [9.17, 15) is 18.8 Å². The number of rotatable bonds is 7. The molecule has 33 heavy (non-hydrogen) atoms. The Hall–Kier alpha value is -3.78. The predicted molar refractivity (Wildman–Crippen MR) is 127 cm³/mol. The Kier molecular flexibility index (Phi) is 6.65. The number of benzene rings is 3. The molecule has 0 spiro atoms. The zero-order valence-corrected chi connectivity index (χ0v) is 18.6. The fraction of sp³-hybridized carbons (Fsp3) is 0.120. The second-order valence-corrected chi connectivity index (χ2v) is 8.34. The second-order valence-electron chi connectivity index (χ2n) is 7.40. The molecule has 4 rings (SSSR count). The van der Waals surface area contributed by atoms with E-state index >= 15 is 0 Å². The van der Waals surface area contributed by atoms with E-state index in [0.717, 1.165) is 5.56 Å². The number of nitrogens with zero attached hydrogens (tertiary/aromatic N) is 2. The number of para-hydroxylation sites is 1. The molecule has 6 nitrogen and oxygen atoms in total. The maximum Gasteiger partial charge on any atom is 0.262 e. The van der Waals surface area contributed by atoms with Crippen molar-refractivity contribution in [2.75, 3.05) is 11.1 Å². The van der Waals surface area contributed by atoms with Gasteiger partial charge in [-0.25, -0.2) is 9.37 Å². The number of amides is 1. The molecule has 1 heterocycles. The Labute approximate surface area is 193 Å². The van der Waals surface area contributed by atoms with Crippen LogP contribution in [-0.4, -0.2) is 27.0 Å². The van der Waals surface area contributed by atoms with Gasteiger partial charge in [-0.3, -0.25) is 19.0 Å². The number of aromatic nitrogens is 2. The van der Waals surface area contributed by atoms with Gasteiger partial charge in [-0.2, -0.15) is 0 Å². The largest absolute Gasteiger partial charge is 0.326 e. The van der Waals surface area contributed by atoms with Gasteiger partial charge in [0.05, 0.1) is 23.2 Å². The van der Waals surface area contributed by atoms with Crippen LogP contribution in [-0.2, 0) is 11.3 Å². The van der Waals surface area contributed by atoms with Crippen molar-refractivity contribution in [2.24, 2.45) is 0 Å². The summed E-state index contributed by atoms with van der Waals surface area (Å²) in [7, 11) is 0. The van der Waals surface area contributed by atoms with Gasteiger partial charge in [-0.1, -0.05) is 36.0 Å². The minimum atomic E-state index is -0.354. The minimum absolute atomic E-state index is 0.0771. The number of hydrogen-bond donors (Lipinski definition) is 1. The molecule has 3 aromatic carbocycles. The lowest BCUT2D eigenvalue weighted by atomic mass is 10.1. The fourth-order valence-electron chi connectivity index (χ4n) is 3.33. The molecule has 0 saturated carbocycles. The van der Waals surface area contributed by atoms with Crippen LogP contribution in [0.2, 0.25) is 0 Å². The molecule has 4 aromatic rings. The van der Waals surface area contributed by atoms with E-state index < -0.39 is 0 Å². The number of carbonyl (C=O) groups excluding carboxylic acids is 2. The third kappa shape index (κ3) is 5.35. The van der Waals surface area contributed by atoms with Gasteiger partial charge in [-0.05, 0) is 54.1 Å². The lowest BCUT2D eigenvalue weighted by Crippen LogP contribution is -2.24. The summed E-state index contributed by atoms with van der Waals surface area (Å²) in [5.74, 6) is -0.600. The zero-order valence-electron chi connectivity index (χ0n) is 17.7. The average molecular weight is 462 g/mol. The number of thioether (sulfide) groups is 1. The summed E-state index contributed by atoms with van der Waals surface area (Å²) in [6, 6.07) is 19.6. The molecule has 1 aromatic heterocycles. The van der Waals surface area contributed by atoms with E-state index in [-0.39, 0.29) is 35.4 Å². The predicted octanol–water partition coefficient (Wildman–Crippen LogP) is 4.52. The molecule has 0 fully saturated rings. The number of nitrogens with one attached hydrogen (secondary N) is 1. The maximum atomic E-state index is 13.3. The Bertz CT molecular complexity index is 1380. The van der Waals surface area contributed by atoms with Crippen LogP contribution in [0.15, 0.2) is 82.7 Å². The molecule has 0 atom stereocenters. The van der Waals surface area contributed by atoms with Gasteiger partial charge in [0.25, 0.3) is 5.56 Å². The summed E-state index contributed by atoms with van der Waals surface area (Å²) < 4.78 is 14.8. The number of anilines is 1. The second kappa shape index (κ2) is 9.79. The first kappa shape index (κ1) is 22.4. The van der Waals surface area contributed by atoms with Gasteiger partial charge in [0.2, 0.25) is 5.91 Å². The van der Waals surface area contributed by atoms with E-state index in [0.29, 0.717) is 27.3 Å². The molecular weight excluding hydrogens is 441 g/mol. The minimum Gasteiger partial charge on any atom is -0.326 e. The number of hydrogen-bond acceptors (Lipinski definition) is 5. The van der Waals surface area contributed by atoms with Crippen LogP contribution in [0.1, 0.15) is 22.8 Å². The van der Waals surface area contributed by atoms with Gasteiger partial charge in [0, 0.05) is 18.2 Å². The molecule has 1 N–H and O–H groups in total. The number of fused-ring (bicyclic) bond motifs is 1. The summed E-state index contributed by atoms with van der Waals surface area (Å²) in [4.78, 5) is 41.7. The van der Waals surface area contributed by atoms with Gasteiger partial charge in [-0.15, -0.1) is 0 Å². The van der Waals surface area contributed by atoms with E-state index in [1.165, 1.54) is 35.4 Å². The summed E-state index contributed by atoms with van der Waals surface area (Å²) >= 11 is 1.17. The third-order valence-corrected chi connectivity index (χ3v) is 5.92. The standard InChI is InChI=1S/C25H20FN3O3S/c1-16(30)27-20-12-8-18(9-13-20)23(31)15-33-25-28-22-5-3-2-4-21(22)24(32)29(25)14-17-6-10-19(26)11-7-17/h2-13H,14-15H2,1H3,(H,27,30). The highest BCUT2D eigenvalue weighted by atomic mass is 32.2. The molecule has 166 valence electrons. The molecule has 1 amide bonds. The Balaban J connectivity index is 1.60. The number of ketones is 1. The van der Waals surface area contributed by atoms with E-state index in [2.05, 4.69) is 10.3 Å². The Morgan fingerprint density at radius 2 is 1.70 bits per heavy atom. The molecule has 0 aliphatic carbocycles. The normalized spacial score (nSPS) is 10.8. The Morgan fingerprint density at radius 3 is 2.39 bits per heavy atom. The Morgan fingerprint density at radius 1 is 1.00 bits per heavy atom. The smallest absolute Gasteiger partial charge is 0.262 e. The third-order valence-electron chi connectivity index (χ3n) is 4.94. The van der Waals surface area contributed by atoms with Crippen LogP contribution in [0.25, 0.3) is 10.9 Å². The molecule has 8 heteroatoms. The van der Waals surface area contributed by atoms with Crippen molar-refractivity contribution >= 4 is 40.0 Å². The molecule has 0 saturated heterocycles. The first-order valence-electron chi connectivity index (χ1n) is 10.2. The molecule has 0 aliphatic rings. The lowest BCUT2D eigenvalue weighted by molar-refractivity contribution is -0.114. The van der Waals surface area contributed by atoms with Crippen molar-refractivity contribution in [3.63, 3.8) is 0 Å². The van der Waals surface area contributed by atoms with Crippen LogP contribution in [0.3, 0.4) is 0 Å². The van der Waals surface area contributed by atoms with Crippen molar-refractivity contribution in [1.29, 1.82) is 0 Å². The molecule has 0 bridgehead atoms. The number of halogens is 1. The van der Waals surface area contributed by atoms with Crippen molar-refractivity contribution < 1.29 is 14.0 Å². The van der Waals surface area contributed by atoms with E-state index in [4.69, 9.17) is 0 Å².